The third-order valence-electron chi connectivity index (χ3n) is 6.92. The van der Waals surface area contributed by atoms with E-state index in [1.807, 2.05) is 18.2 Å². The summed E-state index contributed by atoms with van der Waals surface area (Å²) in [6, 6.07) is 12.6. The zero-order valence-corrected chi connectivity index (χ0v) is 15.6. The summed E-state index contributed by atoms with van der Waals surface area (Å²) in [6.45, 7) is 11.7. The fraction of sp³-hybridized carbons (Fsp3) is 0.391. The molecule has 2 aromatic carbocycles. The highest BCUT2D eigenvalue weighted by molar-refractivity contribution is 6.09. The maximum atomic E-state index is 9.70. The fourth-order valence-electron chi connectivity index (χ4n) is 4.97. The number of hydrogen-bond acceptors (Lipinski definition) is 2. The van der Waals surface area contributed by atoms with Crippen LogP contribution in [-0.2, 0) is 5.41 Å². The van der Waals surface area contributed by atoms with Gasteiger partial charge in [0.25, 0.3) is 0 Å². The number of pyridine rings is 1. The van der Waals surface area contributed by atoms with Crippen LogP contribution < -0.4 is 0 Å². The van der Waals surface area contributed by atoms with E-state index < -0.39 is 0 Å². The van der Waals surface area contributed by atoms with Crippen LogP contribution in [0.15, 0.2) is 36.5 Å². The van der Waals surface area contributed by atoms with Gasteiger partial charge in [-0.25, -0.2) is 0 Å². The van der Waals surface area contributed by atoms with E-state index in [0.29, 0.717) is 5.92 Å². The zero-order valence-electron chi connectivity index (χ0n) is 15.6. The molecule has 126 valence electrons. The number of nitrogens with zero attached hydrogens (tertiary/aromatic N) is 2. The highest BCUT2D eigenvalue weighted by atomic mass is 14.7. The Kier molecular flexibility index (Phi) is 3.25. The average molecular weight is 328 g/mol. The van der Waals surface area contributed by atoms with Crippen molar-refractivity contribution in [3.05, 3.63) is 53.2 Å². The normalized spacial score (nSPS) is 20.6. The SMILES string of the molecule is CC[C@H]1c2cnc3c(cc(C#N)c4ccccc43)c2C(C)(C)C1(C)C. The van der Waals surface area contributed by atoms with Crippen LogP contribution in [0.25, 0.3) is 21.7 Å². The predicted octanol–water partition coefficient (Wildman–Crippen LogP) is 6.07. The van der Waals surface area contributed by atoms with Gasteiger partial charge in [0.1, 0.15) is 0 Å². The largest absolute Gasteiger partial charge is 0.255 e. The van der Waals surface area contributed by atoms with Crippen LogP contribution >= 0.6 is 0 Å². The Balaban J connectivity index is 2.22. The van der Waals surface area contributed by atoms with Crippen molar-refractivity contribution < 1.29 is 0 Å². The van der Waals surface area contributed by atoms with Gasteiger partial charge in [-0.3, -0.25) is 4.98 Å². The van der Waals surface area contributed by atoms with Gasteiger partial charge in [0.05, 0.1) is 17.1 Å². The van der Waals surface area contributed by atoms with Crippen molar-refractivity contribution in [2.75, 3.05) is 0 Å². The molecular weight excluding hydrogens is 304 g/mol. The van der Waals surface area contributed by atoms with Gasteiger partial charge in [0, 0.05) is 22.4 Å². The molecular formula is C23H24N2. The van der Waals surface area contributed by atoms with Crippen LogP contribution in [-0.4, -0.2) is 4.98 Å². The summed E-state index contributed by atoms with van der Waals surface area (Å²) >= 11 is 0. The minimum absolute atomic E-state index is 0.0272. The van der Waals surface area contributed by atoms with Crippen LogP contribution in [0.5, 0.6) is 0 Å². The summed E-state index contributed by atoms with van der Waals surface area (Å²) in [5, 5.41) is 12.9. The molecule has 1 aromatic heterocycles. The molecule has 1 heterocycles. The number of nitriles is 1. The number of aromatic nitrogens is 1. The Morgan fingerprint density at radius 1 is 1.08 bits per heavy atom. The van der Waals surface area contributed by atoms with Crippen LogP contribution in [0.3, 0.4) is 0 Å². The standard InChI is InChI=1S/C23H24N2/c1-6-19-18-13-25-21-16-10-8-7-9-15(16)14(12-24)11-17(21)20(18)23(4,5)22(19,2)3/h7-11,13,19H,6H2,1-5H3/t19-/m0/s1. The lowest BCUT2D eigenvalue weighted by Crippen LogP contribution is -2.34. The molecule has 0 saturated heterocycles. The van der Waals surface area contributed by atoms with Gasteiger partial charge in [-0.15, -0.1) is 0 Å². The molecule has 2 heteroatoms. The second-order valence-corrected chi connectivity index (χ2v) is 8.37. The van der Waals surface area contributed by atoms with Gasteiger partial charge in [-0.1, -0.05) is 58.9 Å². The summed E-state index contributed by atoms with van der Waals surface area (Å²) in [7, 11) is 0. The second-order valence-electron chi connectivity index (χ2n) is 8.37. The summed E-state index contributed by atoms with van der Waals surface area (Å²) in [6.07, 6.45) is 3.20. The van der Waals surface area contributed by atoms with Crippen LogP contribution in [0.4, 0.5) is 0 Å². The van der Waals surface area contributed by atoms with Crippen molar-refractivity contribution in [3.63, 3.8) is 0 Å². The van der Waals surface area contributed by atoms with E-state index in [0.717, 1.165) is 33.7 Å². The van der Waals surface area contributed by atoms with E-state index in [2.05, 4.69) is 59.0 Å². The summed E-state index contributed by atoms with van der Waals surface area (Å²) in [5.41, 5.74) is 4.69. The molecule has 0 spiro atoms. The molecule has 1 atom stereocenters. The van der Waals surface area contributed by atoms with Crippen LogP contribution in [0.1, 0.15) is 63.6 Å². The van der Waals surface area contributed by atoms with E-state index in [1.165, 1.54) is 11.1 Å². The van der Waals surface area contributed by atoms with E-state index in [9.17, 15) is 5.26 Å². The smallest absolute Gasteiger partial charge is 0.0998 e. The molecule has 0 fully saturated rings. The monoisotopic (exact) mass is 328 g/mol. The van der Waals surface area contributed by atoms with Gasteiger partial charge in [-0.05, 0) is 40.4 Å². The lowest BCUT2D eigenvalue weighted by Gasteiger charge is -2.39. The summed E-state index contributed by atoms with van der Waals surface area (Å²) in [4.78, 5) is 4.88. The maximum absolute atomic E-state index is 9.70. The first-order valence-corrected chi connectivity index (χ1v) is 9.09. The Labute approximate surface area is 149 Å². The van der Waals surface area contributed by atoms with Gasteiger partial charge in [0.15, 0.2) is 0 Å². The number of benzene rings is 2. The van der Waals surface area contributed by atoms with E-state index in [1.54, 1.807) is 0 Å². The first kappa shape index (κ1) is 16.1. The van der Waals surface area contributed by atoms with E-state index in [-0.39, 0.29) is 10.8 Å². The highest BCUT2D eigenvalue weighted by Gasteiger charge is 2.52. The number of fused-ring (bicyclic) bond motifs is 5. The minimum atomic E-state index is 0.0272. The van der Waals surface area contributed by atoms with Crippen molar-refractivity contribution in [2.45, 2.75) is 52.4 Å². The molecule has 0 unspecified atom stereocenters. The molecule has 1 aliphatic carbocycles. The van der Waals surface area contributed by atoms with Gasteiger partial charge in [0.2, 0.25) is 0 Å². The minimum Gasteiger partial charge on any atom is -0.255 e. The number of hydrogen-bond donors (Lipinski definition) is 0. The molecule has 0 bridgehead atoms. The zero-order chi connectivity index (χ0) is 18.0. The number of rotatable bonds is 1. The van der Waals surface area contributed by atoms with Crippen molar-refractivity contribution >= 4 is 21.7 Å². The van der Waals surface area contributed by atoms with Crippen molar-refractivity contribution in [2.24, 2.45) is 5.41 Å². The summed E-state index contributed by atoms with van der Waals surface area (Å²) < 4.78 is 0. The molecule has 4 rings (SSSR count). The van der Waals surface area contributed by atoms with Crippen molar-refractivity contribution in [3.8, 4) is 6.07 Å². The second kappa shape index (κ2) is 5.05. The molecule has 0 N–H and O–H groups in total. The van der Waals surface area contributed by atoms with Crippen LogP contribution in [0.2, 0.25) is 0 Å². The molecule has 0 amide bonds. The first-order valence-electron chi connectivity index (χ1n) is 9.09. The third kappa shape index (κ3) is 1.87. The lowest BCUT2D eigenvalue weighted by molar-refractivity contribution is 0.179. The van der Waals surface area contributed by atoms with E-state index >= 15 is 0 Å². The Morgan fingerprint density at radius 2 is 1.76 bits per heavy atom. The lowest BCUT2D eigenvalue weighted by atomic mass is 9.64. The van der Waals surface area contributed by atoms with Crippen LogP contribution in [0, 0.1) is 16.7 Å². The molecule has 0 aliphatic heterocycles. The first-order chi connectivity index (χ1) is 11.8. The van der Waals surface area contributed by atoms with Gasteiger partial charge < -0.3 is 0 Å². The molecule has 0 radical (unpaired) electrons. The third-order valence-corrected chi connectivity index (χ3v) is 6.92. The van der Waals surface area contributed by atoms with E-state index in [4.69, 9.17) is 4.98 Å². The predicted molar refractivity (Wildman–Crippen MR) is 104 cm³/mol. The van der Waals surface area contributed by atoms with Crippen molar-refractivity contribution in [1.29, 1.82) is 5.26 Å². The molecule has 0 saturated carbocycles. The fourth-order valence-corrected chi connectivity index (χ4v) is 4.97. The van der Waals surface area contributed by atoms with Gasteiger partial charge >= 0.3 is 0 Å². The molecule has 3 aromatic rings. The Morgan fingerprint density at radius 3 is 2.40 bits per heavy atom. The highest BCUT2D eigenvalue weighted by Crippen LogP contribution is 2.61. The van der Waals surface area contributed by atoms with Crippen molar-refractivity contribution in [1.82, 2.24) is 4.98 Å². The summed E-state index contributed by atoms with van der Waals surface area (Å²) in [5.74, 6) is 0.492. The average Bonchev–Trinajstić information content (AvgIpc) is 2.75. The quantitative estimate of drug-likeness (QED) is 0.508. The maximum Gasteiger partial charge on any atom is 0.0998 e. The topological polar surface area (TPSA) is 36.7 Å². The van der Waals surface area contributed by atoms with Gasteiger partial charge in [-0.2, -0.15) is 5.26 Å². The Bertz CT molecular complexity index is 1050. The molecule has 25 heavy (non-hydrogen) atoms. The Hall–Kier alpha value is -2.40. The molecule has 1 aliphatic rings. The molecule has 2 nitrogen and oxygen atoms in total.